The molecule has 5 rings (SSSR count). The number of hydrogen-bond donors (Lipinski definition) is 0. The molecule has 5 atom stereocenters. The van der Waals surface area contributed by atoms with Crippen LogP contribution in [0.5, 0.6) is 0 Å². The van der Waals surface area contributed by atoms with Gasteiger partial charge in [0.05, 0.1) is 19.2 Å². The number of amides is 2. The number of likely N-dealkylation sites (tertiary alicyclic amines) is 1. The summed E-state index contributed by atoms with van der Waals surface area (Å²) in [6.45, 7) is 11.0. The fourth-order valence-electron chi connectivity index (χ4n) is 7.08. The lowest BCUT2D eigenvalue weighted by molar-refractivity contribution is -0.815. The Balaban J connectivity index is 1.69. The van der Waals surface area contributed by atoms with Crippen LogP contribution in [0.15, 0.2) is 64.1 Å². The zero-order valence-corrected chi connectivity index (χ0v) is 28.3. The number of aliphatic imine (C=N–C) groups is 1. The first-order valence-electron chi connectivity index (χ1n) is 14.9. The minimum absolute atomic E-state index is 0.0195. The van der Waals surface area contributed by atoms with Crippen LogP contribution < -0.4 is 0 Å². The Bertz CT molecular complexity index is 1460. The maximum atomic E-state index is 15.1. The number of rotatable bonds is 7. The predicted molar refractivity (Wildman–Crippen MR) is 175 cm³/mol. The van der Waals surface area contributed by atoms with E-state index in [1.165, 1.54) is 11.8 Å². The fraction of sp³-hybridized carbons (Fsp3) is 0.485. The Morgan fingerprint density at radius 3 is 2.26 bits per heavy atom. The van der Waals surface area contributed by atoms with E-state index in [1.54, 1.807) is 6.92 Å². The van der Waals surface area contributed by atoms with Gasteiger partial charge in [-0.3, -0.25) is 0 Å². The molecular formula is C33H41Cl2N4O3S+. The van der Waals surface area contributed by atoms with Crippen LogP contribution in [0.1, 0.15) is 64.6 Å². The van der Waals surface area contributed by atoms with Gasteiger partial charge in [-0.1, -0.05) is 61.3 Å². The topological polar surface area (TPSA) is 62.2 Å². The van der Waals surface area contributed by atoms with Crippen LogP contribution in [0.4, 0.5) is 4.79 Å². The van der Waals surface area contributed by atoms with Crippen molar-refractivity contribution in [3.05, 3.63) is 80.3 Å². The molecule has 7 nitrogen and oxygen atoms in total. The van der Waals surface area contributed by atoms with E-state index in [0.717, 1.165) is 34.8 Å². The molecule has 3 aliphatic rings. The van der Waals surface area contributed by atoms with Gasteiger partial charge in [0.2, 0.25) is 0 Å². The van der Waals surface area contributed by atoms with Gasteiger partial charge in [0.1, 0.15) is 22.5 Å². The summed E-state index contributed by atoms with van der Waals surface area (Å²) in [6.07, 6.45) is 1.07. The Morgan fingerprint density at radius 1 is 1.09 bits per heavy atom. The van der Waals surface area contributed by atoms with Crippen molar-refractivity contribution in [1.29, 1.82) is 0 Å². The lowest BCUT2D eigenvalue weighted by Crippen LogP contribution is -2.65. The number of carbonyl (C=O) groups excluding carboxylic acids is 2. The quantitative estimate of drug-likeness (QED) is 0.286. The molecule has 10 heteroatoms. The van der Waals surface area contributed by atoms with Gasteiger partial charge in [0, 0.05) is 28.6 Å². The third-order valence-corrected chi connectivity index (χ3v) is 10.6. The molecule has 0 aromatic heterocycles. The fourth-order valence-corrected chi connectivity index (χ4v) is 8.73. The summed E-state index contributed by atoms with van der Waals surface area (Å²) in [4.78, 5) is 39.2. The third kappa shape index (κ3) is 5.33. The van der Waals surface area contributed by atoms with E-state index in [4.69, 9.17) is 32.9 Å². The molecule has 0 radical (unpaired) electrons. The summed E-state index contributed by atoms with van der Waals surface area (Å²) in [5, 5.41) is 2.06. The lowest BCUT2D eigenvalue weighted by Gasteiger charge is -2.39. The predicted octanol–water partition coefficient (Wildman–Crippen LogP) is 7.85. The maximum Gasteiger partial charge on any atom is 0.524 e. The second kappa shape index (κ2) is 12.2. The number of fused-ring (bicyclic) bond motifs is 1. The van der Waals surface area contributed by atoms with Crippen molar-refractivity contribution in [2.75, 3.05) is 27.2 Å². The van der Waals surface area contributed by atoms with Gasteiger partial charge in [-0.15, -0.1) is 4.48 Å². The molecule has 0 aliphatic carbocycles. The first-order chi connectivity index (χ1) is 20.4. The van der Waals surface area contributed by atoms with Crippen LogP contribution in [-0.4, -0.2) is 70.8 Å². The van der Waals surface area contributed by atoms with Gasteiger partial charge < -0.3 is 14.5 Å². The van der Waals surface area contributed by atoms with Crippen LogP contribution >= 0.6 is 35.0 Å². The number of quaternary nitrogens is 1. The van der Waals surface area contributed by atoms with Crippen molar-refractivity contribution in [3.63, 3.8) is 0 Å². The summed E-state index contributed by atoms with van der Waals surface area (Å²) in [5.41, 5.74) is 2.26. The molecule has 0 N–H and O–H groups in total. The molecule has 0 saturated carbocycles. The minimum Gasteiger partial charge on any atom is -0.420 e. The van der Waals surface area contributed by atoms with Crippen molar-refractivity contribution in [3.8, 4) is 0 Å². The smallest absolute Gasteiger partial charge is 0.420 e. The van der Waals surface area contributed by atoms with Gasteiger partial charge in [0.15, 0.2) is 5.17 Å². The molecule has 0 bridgehead atoms. The molecule has 1 fully saturated rings. The van der Waals surface area contributed by atoms with Crippen LogP contribution in [0.2, 0.25) is 10.0 Å². The van der Waals surface area contributed by atoms with E-state index in [-0.39, 0.29) is 41.0 Å². The van der Waals surface area contributed by atoms with E-state index in [1.807, 2.05) is 69.6 Å². The summed E-state index contributed by atoms with van der Waals surface area (Å²) in [7, 11) is 3.96. The molecule has 2 amide bonds. The maximum absolute atomic E-state index is 15.1. The number of nitrogens with zero attached hydrogens (tertiary/aromatic N) is 4. The molecule has 3 heterocycles. The van der Waals surface area contributed by atoms with Crippen molar-refractivity contribution < 1.29 is 18.8 Å². The summed E-state index contributed by atoms with van der Waals surface area (Å²) < 4.78 is 5.35. The Morgan fingerprint density at radius 2 is 1.70 bits per heavy atom. The number of halogens is 2. The Labute approximate surface area is 269 Å². The van der Waals surface area contributed by atoms with Crippen LogP contribution in [0, 0.1) is 5.92 Å². The monoisotopic (exact) mass is 643 g/mol. The second-order valence-corrected chi connectivity index (χ2v) is 14.3. The van der Waals surface area contributed by atoms with E-state index in [9.17, 15) is 4.79 Å². The van der Waals surface area contributed by atoms with E-state index < -0.39 is 11.6 Å². The van der Waals surface area contributed by atoms with Crippen molar-refractivity contribution in [2.45, 2.75) is 71.1 Å². The lowest BCUT2D eigenvalue weighted by atomic mass is 9.81. The summed E-state index contributed by atoms with van der Waals surface area (Å²) in [5.74, 6) is -0.210. The molecule has 3 aliphatic heterocycles. The molecule has 230 valence electrons. The van der Waals surface area contributed by atoms with Crippen molar-refractivity contribution >= 4 is 52.1 Å². The van der Waals surface area contributed by atoms with Gasteiger partial charge in [-0.25, -0.2) is 9.79 Å². The van der Waals surface area contributed by atoms with Crippen molar-refractivity contribution in [1.82, 2.24) is 9.80 Å². The number of imide groups is 1. The number of benzene rings is 2. The zero-order chi connectivity index (χ0) is 31.3. The van der Waals surface area contributed by atoms with Gasteiger partial charge >= 0.3 is 12.0 Å². The highest BCUT2D eigenvalue weighted by Gasteiger charge is 2.63. The first-order valence-corrected chi connectivity index (χ1v) is 16.5. The highest BCUT2D eigenvalue weighted by atomic mass is 35.5. The minimum atomic E-state index is -0.669. The number of allylic oxidation sites excluding steroid dienone is 1. The molecule has 1 saturated heterocycles. The van der Waals surface area contributed by atoms with Gasteiger partial charge in [-0.05, 0) is 87.9 Å². The number of amidine groups is 1. The zero-order valence-electron chi connectivity index (χ0n) is 25.9. The summed E-state index contributed by atoms with van der Waals surface area (Å²) >= 11 is 14.0. The Kier molecular flexibility index (Phi) is 9.09. The molecule has 1 unspecified atom stereocenters. The number of hydrogen-bond acceptors (Lipinski definition) is 7. The van der Waals surface area contributed by atoms with E-state index in [0.29, 0.717) is 21.5 Å². The van der Waals surface area contributed by atoms with Gasteiger partial charge in [-0.2, -0.15) is 4.79 Å². The highest BCUT2D eigenvalue weighted by Crippen LogP contribution is 2.57. The number of thioether (sulfide) groups is 1. The first kappa shape index (κ1) is 32.0. The standard InChI is InChI=1S/C33H41Cl2N4O3S/c1-8-42-32(41)39(21(4)9-18-26(39)19-37(6)7)30(40)28-27(20(2)3)38-29(22-10-14-24(34)15-11-22)33(5,36-31(38)43-28)23-12-16-25(35)17-13-23/h10-17,20-21,26,29H,8-9,18-19H2,1-7H3/q+1/t21-,26+,29-,33+,39?/m1/s1. The molecular weight excluding hydrogens is 603 g/mol. The molecule has 2 aromatic rings. The molecule has 2 aromatic carbocycles. The van der Waals surface area contributed by atoms with Crippen LogP contribution in [0.3, 0.4) is 0 Å². The van der Waals surface area contributed by atoms with E-state index >= 15 is 4.79 Å². The average Bonchev–Trinajstić information content (AvgIpc) is 3.56. The molecule has 0 spiro atoms. The second-order valence-electron chi connectivity index (χ2n) is 12.5. The third-order valence-electron chi connectivity index (χ3n) is 9.04. The van der Waals surface area contributed by atoms with Crippen molar-refractivity contribution in [2.24, 2.45) is 10.9 Å². The normalized spacial score (nSPS) is 28.6. The van der Waals surface area contributed by atoms with Crippen LogP contribution in [-0.2, 0) is 15.1 Å². The van der Waals surface area contributed by atoms with Crippen LogP contribution in [0.25, 0.3) is 0 Å². The SMILES string of the molecule is CCOC(=O)[N+]1(C(=O)C2=C(C(C)C)N3C(=N[C@@](C)(c4ccc(Cl)cc4)[C@H]3c3ccc(Cl)cc3)S2)[C@H](CN(C)C)CC[C@H]1C. The van der Waals surface area contributed by atoms with E-state index in [2.05, 4.69) is 30.6 Å². The largest absolute Gasteiger partial charge is 0.524 e. The molecule has 43 heavy (non-hydrogen) atoms. The number of ether oxygens (including phenoxy) is 1. The highest BCUT2D eigenvalue weighted by molar-refractivity contribution is 8.18. The number of likely N-dealkylation sites (N-methyl/N-ethyl adjacent to an activating group) is 1. The average molecular weight is 645 g/mol. The Hall–Kier alpha value is -2.36. The number of carbonyl (C=O) groups is 2. The summed E-state index contributed by atoms with van der Waals surface area (Å²) in [6, 6.07) is 15.0. The van der Waals surface area contributed by atoms with Gasteiger partial charge in [0.25, 0.3) is 0 Å².